The van der Waals surface area contributed by atoms with Crippen LogP contribution in [0.5, 0.6) is 0 Å². The number of halogens is 1. The van der Waals surface area contributed by atoms with E-state index in [4.69, 9.17) is 16.3 Å². The lowest BCUT2D eigenvalue weighted by Gasteiger charge is -2.57. The molecule has 1 saturated carbocycles. The van der Waals surface area contributed by atoms with Crippen molar-refractivity contribution in [1.82, 2.24) is 5.32 Å². The van der Waals surface area contributed by atoms with E-state index in [1.807, 2.05) is 12.1 Å². The molecule has 118 valence electrons. The summed E-state index contributed by atoms with van der Waals surface area (Å²) in [7, 11) is 1.74. The van der Waals surface area contributed by atoms with Gasteiger partial charge >= 0.3 is 0 Å². The van der Waals surface area contributed by atoms with Crippen LogP contribution in [0.2, 0.25) is 5.02 Å². The average molecular weight is 310 g/mol. The van der Waals surface area contributed by atoms with E-state index in [1.165, 1.54) is 31.2 Å². The third-order valence-electron chi connectivity index (χ3n) is 5.32. The van der Waals surface area contributed by atoms with Crippen LogP contribution in [-0.4, -0.2) is 26.8 Å². The highest BCUT2D eigenvalue weighted by atomic mass is 35.5. The Hall–Kier alpha value is -0.570. The molecule has 21 heavy (non-hydrogen) atoms. The molecule has 0 bridgehead atoms. The summed E-state index contributed by atoms with van der Waals surface area (Å²) in [5.41, 5.74) is 2.01. The van der Waals surface area contributed by atoms with Crippen LogP contribution in [0.15, 0.2) is 24.3 Å². The van der Waals surface area contributed by atoms with Crippen molar-refractivity contribution in [2.75, 3.05) is 26.8 Å². The van der Waals surface area contributed by atoms with Crippen LogP contribution < -0.4 is 5.32 Å². The minimum atomic E-state index is 0.193. The first-order valence-electron chi connectivity index (χ1n) is 8.06. The second-order valence-electron chi connectivity index (χ2n) is 6.49. The summed E-state index contributed by atoms with van der Waals surface area (Å²) in [4.78, 5) is 0. The molecule has 0 aliphatic heterocycles. The zero-order chi connectivity index (χ0) is 15.3. The fourth-order valence-corrected chi connectivity index (χ4v) is 4.27. The lowest BCUT2D eigenvalue weighted by Crippen LogP contribution is -2.54. The fourth-order valence-electron chi connectivity index (χ4n) is 3.94. The van der Waals surface area contributed by atoms with E-state index in [0.717, 1.165) is 24.7 Å². The fraction of sp³-hybridized carbons (Fsp3) is 0.667. The van der Waals surface area contributed by atoms with Gasteiger partial charge in [0.15, 0.2) is 0 Å². The molecule has 2 rings (SSSR count). The maximum absolute atomic E-state index is 6.49. The summed E-state index contributed by atoms with van der Waals surface area (Å²) in [6.45, 7) is 7.28. The molecule has 1 aliphatic carbocycles. The van der Waals surface area contributed by atoms with E-state index in [1.54, 1.807) is 7.11 Å². The number of methoxy groups -OCH3 is 1. The van der Waals surface area contributed by atoms with Crippen molar-refractivity contribution >= 4 is 11.6 Å². The van der Waals surface area contributed by atoms with Gasteiger partial charge in [-0.3, -0.25) is 0 Å². The number of ether oxygens (including phenoxy) is 1. The van der Waals surface area contributed by atoms with Gasteiger partial charge < -0.3 is 10.1 Å². The highest BCUT2D eigenvalue weighted by Gasteiger charge is 2.53. The molecule has 0 amide bonds. The monoisotopic (exact) mass is 309 g/mol. The molecular weight excluding hydrogens is 282 g/mol. The Balaban J connectivity index is 2.15. The van der Waals surface area contributed by atoms with Crippen molar-refractivity contribution in [3.63, 3.8) is 0 Å². The molecule has 0 atom stereocenters. The van der Waals surface area contributed by atoms with Gasteiger partial charge in [-0.25, -0.2) is 0 Å². The molecular formula is C18H28ClNO. The molecule has 0 saturated heterocycles. The van der Waals surface area contributed by atoms with Gasteiger partial charge in [0.05, 0.1) is 6.61 Å². The Labute approximate surface area is 134 Å². The van der Waals surface area contributed by atoms with Gasteiger partial charge in [0.2, 0.25) is 0 Å². The maximum atomic E-state index is 6.49. The van der Waals surface area contributed by atoms with Gasteiger partial charge in [-0.15, -0.1) is 0 Å². The molecule has 0 spiro atoms. The van der Waals surface area contributed by atoms with E-state index < -0.39 is 0 Å². The van der Waals surface area contributed by atoms with E-state index in [-0.39, 0.29) is 5.41 Å². The van der Waals surface area contributed by atoms with Gasteiger partial charge in [0, 0.05) is 30.6 Å². The lowest BCUT2D eigenvalue weighted by atomic mass is 9.48. The van der Waals surface area contributed by atoms with E-state index in [0.29, 0.717) is 5.41 Å². The van der Waals surface area contributed by atoms with Crippen LogP contribution in [0, 0.1) is 5.41 Å². The summed E-state index contributed by atoms with van der Waals surface area (Å²) in [6, 6.07) is 8.35. The first-order valence-corrected chi connectivity index (χ1v) is 8.44. The van der Waals surface area contributed by atoms with Crippen molar-refractivity contribution in [3.05, 3.63) is 34.9 Å². The van der Waals surface area contributed by atoms with Gasteiger partial charge in [-0.05, 0) is 29.9 Å². The van der Waals surface area contributed by atoms with Crippen molar-refractivity contribution in [2.45, 2.75) is 44.9 Å². The second-order valence-corrected chi connectivity index (χ2v) is 6.90. The zero-order valence-electron chi connectivity index (χ0n) is 13.5. The van der Waals surface area contributed by atoms with Crippen LogP contribution >= 0.6 is 11.6 Å². The highest BCUT2D eigenvalue weighted by Crippen LogP contribution is 2.59. The molecule has 0 unspecified atom stereocenters. The Kier molecular flexibility index (Phi) is 5.70. The molecule has 0 aromatic heterocycles. The normalized spacial score (nSPS) is 19.2. The Morgan fingerprint density at radius 3 is 2.43 bits per heavy atom. The van der Waals surface area contributed by atoms with Gasteiger partial charge in [-0.2, -0.15) is 0 Å². The summed E-state index contributed by atoms with van der Waals surface area (Å²) in [5, 5.41) is 4.47. The van der Waals surface area contributed by atoms with E-state index >= 15 is 0 Å². The first kappa shape index (κ1) is 16.8. The number of nitrogens with one attached hydrogen (secondary N) is 1. The molecule has 1 N–H and O–H groups in total. The third-order valence-corrected chi connectivity index (χ3v) is 5.65. The van der Waals surface area contributed by atoms with Gasteiger partial charge in [0.1, 0.15) is 0 Å². The summed E-state index contributed by atoms with van der Waals surface area (Å²) < 4.78 is 5.13. The molecule has 1 aromatic rings. The third kappa shape index (κ3) is 3.44. The Morgan fingerprint density at radius 2 is 1.86 bits per heavy atom. The summed E-state index contributed by atoms with van der Waals surface area (Å²) >= 11 is 6.49. The molecule has 0 radical (unpaired) electrons. The Bertz CT molecular complexity index is 448. The number of hydrogen-bond acceptors (Lipinski definition) is 2. The van der Waals surface area contributed by atoms with E-state index in [9.17, 15) is 0 Å². The molecule has 1 fully saturated rings. The number of benzene rings is 1. The smallest absolute Gasteiger partial charge is 0.0587 e. The summed E-state index contributed by atoms with van der Waals surface area (Å²) in [6.07, 6.45) is 4.98. The van der Waals surface area contributed by atoms with E-state index in [2.05, 4.69) is 31.3 Å². The predicted octanol–water partition coefficient (Wildman–Crippen LogP) is 4.41. The topological polar surface area (TPSA) is 21.3 Å². The zero-order valence-corrected chi connectivity index (χ0v) is 14.3. The van der Waals surface area contributed by atoms with Crippen LogP contribution in [0.25, 0.3) is 0 Å². The quantitative estimate of drug-likeness (QED) is 0.718. The van der Waals surface area contributed by atoms with Crippen molar-refractivity contribution in [3.8, 4) is 0 Å². The van der Waals surface area contributed by atoms with Crippen molar-refractivity contribution < 1.29 is 4.74 Å². The average Bonchev–Trinajstić information content (AvgIpc) is 2.47. The lowest BCUT2D eigenvalue weighted by molar-refractivity contribution is 0.0122. The molecule has 1 aromatic carbocycles. The van der Waals surface area contributed by atoms with Crippen molar-refractivity contribution in [1.29, 1.82) is 0 Å². The predicted molar refractivity (Wildman–Crippen MR) is 90.1 cm³/mol. The Morgan fingerprint density at radius 1 is 1.19 bits per heavy atom. The van der Waals surface area contributed by atoms with Gasteiger partial charge in [0.25, 0.3) is 0 Å². The van der Waals surface area contributed by atoms with Crippen LogP contribution in [0.3, 0.4) is 0 Å². The van der Waals surface area contributed by atoms with Crippen molar-refractivity contribution in [2.24, 2.45) is 5.41 Å². The molecule has 2 nitrogen and oxygen atoms in total. The molecule has 1 aliphatic rings. The van der Waals surface area contributed by atoms with Crippen LogP contribution in [-0.2, 0) is 10.2 Å². The largest absolute Gasteiger partial charge is 0.383 e. The molecule has 0 heterocycles. The minimum absolute atomic E-state index is 0.193. The highest BCUT2D eigenvalue weighted by molar-refractivity contribution is 6.31. The van der Waals surface area contributed by atoms with Crippen LogP contribution in [0.1, 0.15) is 45.1 Å². The summed E-state index contributed by atoms with van der Waals surface area (Å²) in [5.74, 6) is 0. The molecule has 3 heteroatoms. The van der Waals surface area contributed by atoms with Crippen LogP contribution in [0.4, 0.5) is 0 Å². The maximum Gasteiger partial charge on any atom is 0.0587 e. The number of hydrogen-bond donors (Lipinski definition) is 1. The first-order chi connectivity index (χ1) is 10.1. The SMILES string of the molecule is CCC1(CC)CC(CNCCOC)(c2ccccc2Cl)C1. The second kappa shape index (κ2) is 7.13. The van der Waals surface area contributed by atoms with Gasteiger partial charge in [-0.1, -0.05) is 56.5 Å². The standard InChI is InChI=1S/C18H28ClNO/c1-4-17(5-2)12-18(13-17,14-20-10-11-21-3)15-8-6-7-9-16(15)19/h6-9,20H,4-5,10-14H2,1-3H3. The number of rotatable bonds is 8. The minimum Gasteiger partial charge on any atom is -0.383 e.